The van der Waals surface area contributed by atoms with Crippen molar-refractivity contribution in [2.45, 2.75) is 0 Å². The van der Waals surface area contributed by atoms with Crippen LogP contribution in [0.2, 0.25) is 0 Å². The molecule has 0 atom stereocenters. The average molecular weight is 242 g/mol. The van der Waals surface area contributed by atoms with Gasteiger partial charge < -0.3 is 40.6 Å². The summed E-state index contributed by atoms with van der Waals surface area (Å²) in [6.45, 7) is 2.53. The lowest BCUT2D eigenvalue weighted by molar-refractivity contribution is -0.918. The van der Waals surface area contributed by atoms with Crippen LogP contribution in [0.4, 0.5) is 0 Å². The summed E-state index contributed by atoms with van der Waals surface area (Å²) >= 11 is 0. The fraction of sp³-hybridized carbons (Fsp3) is 0.750. The van der Waals surface area contributed by atoms with E-state index >= 15 is 0 Å². The van der Waals surface area contributed by atoms with Crippen LogP contribution in [0, 0.1) is 0 Å². The smallest absolute Gasteiger partial charge is 0.126 e. The second-order valence-electron chi connectivity index (χ2n) is 3.49. The van der Waals surface area contributed by atoms with Crippen molar-refractivity contribution < 1.29 is 40.6 Å². The number of hydrogen-bond acceptors (Lipinski definition) is 4. The first-order valence-electron chi connectivity index (χ1n) is 4.27. The minimum Gasteiger partial charge on any atom is -0.543 e. The summed E-state index contributed by atoms with van der Waals surface area (Å²) in [6, 6.07) is 0. The van der Waals surface area contributed by atoms with Crippen molar-refractivity contribution in [3.8, 4) is 0 Å². The van der Waals surface area contributed by atoms with Gasteiger partial charge in [0.2, 0.25) is 0 Å². The van der Waals surface area contributed by atoms with E-state index in [2.05, 4.69) is 28.2 Å². The van der Waals surface area contributed by atoms with Gasteiger partial charge in [-0.05, 0) is 0 Å². The number of hydrogen-bond donors (Lipinski definition) is 2. The Labute approximate surface area is 94.7 Å². The molecule has 0 saturated carbocycles. The largest absolute Gasteiger partial charge is 0.543 e. The maximum atomic E-state index is 8.93. The van der Waals surface area contributed by atoms with Gasteiger partial charge in [-0.15, -0.1) is 0 Å². The molecule has 0 amide bonds. The summed E-state index contributed by atoms with van der Waals surface area (Å²) in [6.07, 6.45) is 0. The number of carbonyl (C=O) groups excluding carboxylic acids is 2. The number of nitrogens with one attached hydrogen (secondary N) is 2. The summed E-state index contributed by atoms with van der Waals surface area (Å²) in [4.78, 5) is 20.9. The molecule has 0 saturated heterocycles. The van der Waals surface area contributed by atoms with Gasteiger partial charge in [0.15, 0.2) is 0 Å². The van der Waals surface area contributed by atoms with Gasteiger partial charge in [0.1, 0.15) is 13.1 Å². The number of likely N-dealkylation sites (N-methyl/N-ethyl adjacent to an activating group) is 2. The molecule has 0 aliphatic carbocycles. The molecule has 0 spiro atoms. The normalized spacial score (nSPS) is 8.38. The summed E-state index contributed by atoms with van der Waals surface area (Å²) in [5, 5.41) is 17.9. The van der Waals surface area contributed by atoms with Crippen LogP contribution in [-0.2, 0) is 9.59 Å². The highest BCUT2D eigenvalue weighted by molar-refractivity contribution is 6.25. The van der Waals surface area contributed by atoms with Crippen LogP contribution in [0.1, 0.15) is 0 Å². The number of carbonyl (C=O) groups is 2. The van der Waals surface area contributed by atoms with E-state index in [0.29, 0.717) is 0 Å². The summed E-state index contributed by atoms with van der Waals surface area (Å²) < 4.78 is 0. The van der Waals surface area contributed by atoms with Crippen LogP contribution in [0.5, 0.6) is 0 Å². The summed E-state index contributed by atoms with van der Waals surface area (Å²) in [5.74, 6) is -4.37. The highest BCUT2D eigenvalue weighted by Crippen LogP contribution is 1.41. The molecule has 8 heteroatoms. The predicted molar refractivity (Wildman–Crippen MR) is 52.6 cm³/mol. The van der Waals surface area contributed by atoms with Gasteiger partial charge in [-0.3, -0.25) is 0 Å². The van der Waals surface area contributed by atoms with Crippen molar-refractivity contribution >= 4 is 11.9 Å². The molecule has 0 aliphatic heterocycles. The zero-order chi connectivity index (χ0) is 11.7. The Balaban J connectivity index is -0.0000000825. The lowest BCUT2D eigenvalue weighted by Crippen LogP contribution is -3.14. The highest BCUT2D eigenvalue weighted by Gasteiger charge is 1.95. The van der Waals surface area contributed by atoms with Crippen LogP contribution in [0.3, 0.4) is 0 Å². The predicted octanol–water partition coefficient (Wildman–Crippen LogP) is -7.89. The highest BCUT2D eigenvalue weighted by atomic mass is 16.4. The first kappa shape index (κ1) is 24.2. The van der Waals surface area contributed by atoms with Crippen LogP contribution < -0.4 is 20.0 Å². The van der Waals surface area contributed by atoms with E-state index < -0.39 is 11.9 Å². The molecule has 16 heavy (non-hydrogen) atoms. The molecule has 6 N–H and O–H groups in total. The number of quaternary nitrogens is 2. The third kappa shape index (κ3) is 29.3. The van der Waals surface area contributed by atoms with E-state index in [1.165, 1.54) is 22.9 Å². The summed E-state index contributed by atoms with van der Waals surface area (Å²) in [7, 11) is 8.73. The molecular formula is C8H22N2O6. The number of rotatable bonds is 3. The van der Waals surface area contributed by atoms with Crippen molar-refractivity contribution in [1.29, 1.82) is 0 Å². The van der Waals surface area contributed by atoms with E-state index in [1.807, 2.05) is 0 Å². The van der Waals surface area contributed by atoms with Crippen molar-refractivity contribution in [1.82, 2.24) is 0 Å². The fourth-order valence-electron chi connectivity index (χ4n) is 0.500. The second-order valence-corrected chi connectivity index (χ2v) is 3.49. The Morgan fingerprint density at radius 1 is 0.812 bits per heavy atom. The first-order chi connectivity index (χ1) is 6.27. The molecular weight excluding hydrogens is 220 g/mol. The Bertz CT molecular complexity index is 163. The molecule has 0 aromatic rings. The Morgan fingerprint density at radius 2 is 1.00 bits per heavy atom. The Morgan fingerprint density at radius 3 is 1.06 bits per heavy atom. The molecule has 0 rings (SSSR count). The van der Waals surface area contributed by atoms with Gasteiger partial charge in [0.05, 0.1) is 40.1 Å². The molecule has 0 heterocycles. The van der Waals surface area contributed by atoms with E-state index in [9.17, 15) is 0 Å². The molecule has 0 aliphatic rings. The maximum absolute atomic E-state index is 8.93. The van der Waals surface area contributed by atoms with Crippen LogP contribution in [0.15, 0.2) is 0 Å². The van der Waals surface area contributed by atoms with E-state index in [4.69, 9.17) is 19.8 Å². The number of aliphatic carboxylic acids is 2. The third-order valence-corrected chi connectivity index (χ3v) is 1.29. The van der Waals surface area contributed by atoms with E-state index in [-0.39, 0.29) is 11.0 Å². The third-order valence-electron chi connectivity index (χ3n) is 1.29. The molecule has 0 unspecified atom stereocenters. The second kappa shape index (κ2) is 13.8. The SMILES string of the molecule is C[NH+](C)CC[NH+](C)C.O.O.O=C([O-])C(=O)[O-]. The molecule has 0 bridgehead atoms. The number of carboxylic acids is 2. The van der Waals surface area contributed by atoms with Crippen molar-refractivity contribution in [3.05, 3.63) is 0 Å². The molecule has 0 radical (unpaired) electrons. The Hall–Kier alpha value is -1.22. The van der Waals surface area contributed by atoms with Crippen molar-refractivity contribution in [2.75, 3.05) is 41.3 Å². The van der Waals surface area contributed by atoms with Crippen LogP contribution in [0.25, 0.3) is 0 Å². The number of carboxylic acid groups (broad SMARTS) is 2. The minimum atomic E-state index is -2.19. The molecule has 0 aromatic carbocycles. The lowest BCUT2D eigenvalue weighted by atomic mass is 10.5. The minimum absolute atomic E-state index is 0. The zero-order valence-corrected chi connectivity index (χ0v) is 10.0. The lowest BCUT2D eigenvalue weighted by Gasteiger charge is -2.09. The quantitative estimate of drug-likeness (QED) is 0.472. The van der Waals surface area contributed by atoms with Crippen LogP contribution in [-0.4, -0.2) is 64.2 Å². The molecule has 8 nitrogen and oxygen atoms in total. The average Bonchev–Trinajstić information content (AvgIpc) is 2.01. The van der Waals surface area contributed by atoms with Gasteiger partial charge in [0.25, 0.3) is 0 Å². The monoisotopic (exact) mass is 242 g/mol. The van der Waals surface area contributed by atoms with Gasteiger partial charge in [-0.2, -0.15) is 0 Å². The fourth-order valence-corrected chi connectivity index (χ4v) is 0.500. The van der Waals surface area contributed by atoms with Crippen LogP contribution >= 0.6 is 0 Å². The zero-order valence-electron chi connectivity index (χ0n) is 10.0. The van der Waals surface area contributed by atoms with E-state index in [0.717, 1.165) is 0 Å². The van der Waals surface area contributed by atoms with E-state index in [1.54, 1.807) is 0 Å². The Kier molecular flexibility index (Phi) is 20.8. The van der Waals surface area contributed by atoms with Crippen molar-refractivity contribution in [2.24, 2.45) is 0 Å². The maximum Gasteiger partial charge on any atom is 0.126 e. The van der Waals surface area contributed by atoms with Gasteiger partial charge in [0, 0.05) is 0 Å². The van der Waals surface area contributed by atoms with Gasteiger partial charge in [-0.25, -0.2) is 0 Å². The standard InChI is InChI=1S/C6H16N2.C2H2O4.2H2O/c1-7(2)5-6-8(3)4;3-1(4)2(5)6;;/h5-6H2,1-4H3;(H,3,4)(H,5,6);2*1H2. The molecule has 100 valence electrons. The molecule has 0 aromatic heterocycles. The summed E-state index contributed by atoms with van der Waals surface area (Å²) in [5.41, 5.74) is 0. The first-order valence-corrected chi connectivity index (χ1v) is 4.27. The van der Waals surface area contributed by atoms with Crippen molar-refractivity contribution in [3.63, 3.8) is 0 Å². The van der Waals surface area contributed by atoms with Gasteiger partial charge >= 0.3 is 0 Å². The molecule has 0 fully saturated rings. The van der Waals surface area contributed by atoms with Gasteiger partial charge in [-0.1, -0.05) is 0 Å². The topological polar surface area (TPSA) is 152 Å².